The van der Waals surface area contributed by atoms with E-state index >= 15 is 0 Å². The van der Waals surface area contributed by atoms with Crippen molar-refractivity contribution in [3.8, 4) is 0 Å². The van der Waals surface area contributed by atoms with Crippen LogP contribution in [0.25, 0.3) is 5.65 Å². The van der Waals surface area contributed by atoms with E-state index in [1.165, 1.54) is 0 Å². The summed E-state index contributed by atoms with van der Waals surface area (Å²) < 4.78 is 40.3. The number of nitrogens with one attached hydrogen (secondary N) is 1. The van der Waals surface area contributed by atoms with Crippen LogP contribution < -0.4 is 5.32 Å². The topological polar surface area (TPSA) is 75.3 Å². The average Bonchev–Trinajstić information content (AvgIpc) is 3.07. The second-order valence-electron chi connectivity index (χ2n) is 6.93. The quantitative estimate of drug-likeness (QED) is 0.668. The lowest BCUT2D eigenvalue weighted by molar-refractivity contribution is -0.146. The third kappa shape index (κ3) is 4.09. The Morgan fingerprint density at radius 3 is 2.39 bits per heavy atom. The molecule has 0 spiro atoms. The molecule has 1 aromatic carbocycles. The van der Waals surface area contributed by atoms with E-state index in [1.807, 2.05) is 30.3 Å². The van der Waals surface area contributed by atoms with Crippen LogP contribution in [0.5, 0.6) is 0 Å². The van der Waals surface area contributed by atoms with Crippen molar-refractivity contribution in [3.05, 3.63) is 52.8 Å². The van der Waals surface area contributed by atoms with Crippen LogP contribution in [0.4, 0.5) is 19.0 Å². The van der Waals surface area contributed by atoms with Crippen molar-refractivity contribution >= 4 is 11.5 Å². The van der Waals surface area contributed by atoms with Crippen LogP contribution >= 0.6 is 0 Å². The summed E-state index contributed by atoms with van der Waals surface area (Å²) in [5.41, 5.74) is 2.40. The number of anilines is 1. The van der Waals surface area contributed by atoms with Gasteiger partial charge in [0.25, 0.3) is 5.82 Å². The zero-order valence-electron chi connectivity index (χ0n) is 15.8. The van der Waals surface area contributed by atoms with Crippen molar-refractivity contribution in [1.29, 1.82) is 0 Å². The number of fused-ring (bicyclic) bond motifs is 1. The SMILES string of the molecule is Cc1c(NCC(CC(C)O)c2ccccc2)nn2c(C(F)(F)F)nnc2c1C. The van der Waals surface area contributed by atoms with Crippen molar-refractivity contribution in [1.82, 2.24) is 19.8 Å². The Morgan fingerprint density at radius 1 is 1.11 bits per heavy atom. The molecule has 2 unspecified atom stereocenters. The zero-order chi connectivity index (χ0) is 20.5. The normalized spacial score (nSPS) is 14.2. The van der Waals surface area contributed by atoms with Gasteiger partial charge in [-0.1, -0.05) is 30.3 Å². The Kier molecular flexibility index (Phi) is 5.55. The smallest absolute Gasteiger partial charge is 0.393 e. The van der Waals surface area contributed by atoms with Gasteiger partial charge in [0.2, 0.25) is 0 Å². The van der Waals surface area contributed by atoms with E-state index in [2.05, 4.69) is 20.6 Å². The first-order chi connectivity index (χ1) is 13.2. The van der Waals surface area contributed by atoms with Gasteiger partial charge < -0.3 is 10.4 Å². The molecule has 0 aliphatic carbocycles. The Labute approximate surface area is 160 Å². The molecule has 0 aliphatic heterocycles. The van der Waals surface area contributed by atoms with E-state index < -0.39 is 18.1 Å². The molecule has 3 rings (SSSR count). The Hall–Kier alpha value is -2.68. The highest BCUT2D eigenvalue weighted by Crippen LogP contribution is 2.30. The lowest BCUT2D eigenvalue weighted by Gasteiger charge is -2.21. The van der Waals surface area contributed by atoms with Crippen LogP contribution in [0.3, 0.4) is 0 Å². The van der Waals surface area contributed by atoms with Crippen LogP contribution in [0.2, 0.25) is 0 Å². The second-order valence-corrected chi connectivity index (χ2v) is 6.93. The zero-order valence-corrected chi connectivity index (χ0v) is 15.8. The monoisotopic (exact) mass is 393 g/mol. The lowest BCUT2D eigenvalue weighted by Crippen LogP contribution is -2.20. The van der Waals surface area contributed by atoms with Gasteiger partial charge in [0.05, 0.1) is 6.10 Å². The molecule has 2 heterocycles. The highest BCUT2D eigenvalue weighted by atomic mass is 19.4. The summed E-state index contributed by atoms with van der Waals surface area (Å²) in [5, 5.41) is 24.0. The van der Waals surface area contributed by atoms with Gasteiger partial charge in [0.1, 0.15) is 5.82 Å². The van der Waals surface area contributed by atoms with Crippen LogP contribution in [-0.2, 0) is 6.18 Å². The summed E-state index contributed by atoms with van der Waals surface area (Å²) in [6.45, 7) is 5.59. The van der Waals surface area contributed by atoms with Crippen molar-refractivity contribution in [2.24, 2.45) is 0 Å². The summed E-state index contributed by atoms with van der Waals surface area (Å²) in [6, 6.07) is 9.66. The van der Waals surface area contributed by atoms with Gasteiger partial charge in [-0.05, 0) is 38.3 Å². The fourth-order valence-corrected chi connectivity index (χ4v) is 3.17. The first kappa shape index (κ1) is 20.1. The minimum Gasteiger partial charge on any atom is -0.393 e. The molecule has 2 aromatic heterocycles. The summed E-state index contributed by atoms with van der Waals surface area (Å²) in [6.07, 6.45) is -4.65. The van der Waals surface area contributed by atoms with E-state index in [4.69, 9.17) is 0 Å². The average molecular weight is 393 g/mol. The van der Waals surface area contributed by atoms with E-state index in [9.17, 15) is 18.3 Å². The number of alkyl halides is 3. The minimum atomic E-state index is -4.65. The molecule has 6 nitrogen and oxygen atoms in total. The van der Waals surface area contributed by atoms with E-state index in [0.29, 0.717) is 29.9 Å². The van der Waals surface area contributed by atoms with Crippen LogP contribution in [0.15, 0.2) is 30.3 Å². The predicted octanol–water partition coefficient (Wildman–Crippen LogP) is 3.73. The molecule has 9 heteroatoms. The van der Waals surface area contributed by atoms with Crippen molar-refractivity contribution < 1.29 is 18.3 Å². The Bertz CT molecular complexity index is 954. The summed E-state index contributed by atoms with van der Waals surface area (Å²) in [4.78, 5) is 0. The number of nitrogens with zero attached hydrogens (tertiary/aromatic N) is 4. The van der Waals surface area contributed by atoms with Crippen LogP contribution in [-0.4, -0.2) is 37.6 Å². The van der Waals surface area contributed by atoms with Gasteiger partial charge in [-0.25, -0.2) is 0 Å². The molecule has 0 saturated heterocycles. The number of aliphatic hydroxyl groups is 1. The maximum absolute atomic E-state index is 13.2. The largest absolute Gasteiger partial charge is 0.453 e. The number of aromatic nitrogens is 4. The molecule has 150 valence electrons. The van der Waals surface area contributed by atoms with Crippen molar-refractivity contribution in [3.63, 3.8) is 0 Å². The summed E-state index contributed by atoms with van der Waals surface area (Å²) in [5.74, 6) is -0.847. The van der Waals surface area contributed by atoms with Gasteiger partial charge in [-0.2, -0.15) is 17.7 Å². The third-order valence-corrected chi connectivity index (χ3v) is 4.76. The number of aliphatic hydroxyl groups excluding tert-OH is 1. The summed E-state index contributed by atoms with van der Waals surface area (Å²) in [7, 11) is 0. The van der Waals surface area contributed by atoms with Crippen molar-refractivity contribution in [2.75, 3.05) is 11.9 Å². The number of hydrogen-bond acceptors (Lipinski definition) is 5. The highest BCUT2D eigenvalue weighted by Gasteiger charge is 2.38. The molecule has 0 amide bonds. The molecule has 28 heavy (non-hydrogen) atoms. The van der Waals surface area contributed by atoms with E-state index in [0.717, 1.165) is 10.1 Å². The first-order valence-corrected chi connectivity index (χ1v) is 8.95. The van der Waals surface area contributed by atoms with Crippen LogP contribution in [0, 0.1) is 13.8 Å². The molecule has 0 aliphatic rings. The van der Waals surface area contributed by atoms with E-state index in [-0.39, 0.29) is 11.6 Å². The standard InChI is InChI=1S/C19H22F3N5O/c1-11(28)9-15(14-7-5-4-6-8-14)10-23-16-12(2)13(3)17-24-25-18(19(20,21)22)27(17)26-16/h4-8,11,15,28H,9-10H2,1-3H3,(H,23,26). The number of aryl methyl sites for hydroxylation is 1. The van der Waals surface area contributed by atoms with Gasteiger partial charge >= 0.3 is 6.18 Å². The maximum Gasteiger partial charge on any atom is 0.453 e. The lowest BCUT2D eigenvalue weighted by atomic mass is 9.93. The van der Waals surface area contributed by atoms with Gasteiger partial charge in [0.15, 0.2) is 5.65 Å². The number of hydrogen-bond donors (Lipinski definition) is 2. The molecular formula is C19H22F3N5O. The van der Waals surface area contributed by atoms with Gasteiger partial charge in [0, 0.05) is 18.0 Å². The number of rotatable bonds is 6. The molecular weight excluding hydrogens is 371 g/mol. The number of benzene rings is 1. The van der Waals surface area contributed by atoms with Crippen molar-refractivity contribution in [2.45, 2.75) is 45.4 Å². The number of halogens is 3. The highest BCUT2D eigenvalue weighted by molar-refractivity contribution is 5.58. The second kappa shape index (κ2) is 7.75. The molecule has 2 atom stereocenters. The summed E-state index contributed by atoms with van der Waals surface area (Å²) >= 11 is 0. The molecule has 0 fully saturated rings. The third-order valence-electron chi connectivity index (χ3n) is 4.76. The fraction of sp³-hybridized carbons (Fsp3) is 0.421. The molecule has 0 bridgehead atoms. The van der Waals surface area contributed by atoms with Gasteiger partial charge in [-0.15, -0.1) is 15.3 Å². The Balaban J connectivity index is 1.93. The Morgan fingerprint density at radius 2 is 1.79 bits per heavy atom. The maximum atomic E-state index is 13.2. The van der Waals surface area contributed by atoms with E-state index in [1.54, 1.807) is 20.8 Å². The first-order valence-electron chi connectivity index (χ1n) is 8.95. The fourth-order valence-electron chi connectivity index (χ4n) is 3.17. The molecule has 0 radical (unpaired) electrons. The van der Waals surface area contributed by atoms with Gasteiger partial charge in [-0.3, -0.25) is 0 Å². The van der Waals surface area contributed by atoms with Crippen LogP contribution in [0.1, 0.15) is 41.8 Å². The minimum absolute atomic E-state index is 0.0265. The molecule has 3 aromatic rings. The molecule has 2 N–H and O–H groups in total. The molecule has 0 saturated carbocycles. The predicted molar refractivity (Wildman–Crippen MR) is 99.2 cm³/mol.